The van der Waals surface area contributed by atoms with Gasteiger partial charge in [-0.2, -0.15) is 0 Å². The highest BCUT2D eigenvalue weighted by molar-refractivity contribution is 6.80. The van der Waals surface area contributed by atoms with Crippen molar-refractivity contribution in [2.24, 2.45) is 0 Å². The number of nitrogens with zero attached hydrogens (tertiary/aromatic N) is 1. The number of piperidine rings is 1. The minimum absolute atomic E-state index is 0.187. The predicted molar refractivity (Wildman–Crippen MR) is 108 cm³/mol. The Bertz CT molecular complexity index is 642. The van der Waals surface area contributed by atoms with Crippen molar-refractivity contribution in [3.8, 4) is 0 Å². The minimum atomic E-state index is -1.20. The van der Waals surface area contributed by atoms with Crippen LogP contribution < -0.4 is 10.4 Å². The molecule has 2 nitrogen and oxygen atoms in total. The van der Waals surface area contributed by atoms with E-state index in [-0.39, 0.29) is 5.41 Å². The van der Waals surface area contributed by atoms with Gasteiger partial charge < -0.3 is 4.43 Å². The fraction of sp³-hybridized carbons (Fsp3) is 0.455. The zero-order valence-electron chi connectivity index (χ0n) is 15.8. The summed E-state index contributed by atoms with van der Waals surface area (Å²) in [7, 11) is -1.20. The van der Waals surface area contributed by atoms with E-state index in [1.165, 1.54) is 48.3 Å². The Morgan fingerprint density at radius 3 is 2.04 bits per heavy atom. The predicted octanol–water partition coefficient (Wildman–Crippen LogP) is 3.55. The van der Waals surface area contributed by atoms with Crippen molar-refractivity contribution < 1.29 is 4.43 Å². The molecule has 133 valence electrons. The Kier molecular flexibility index (Phi) is 6.10. The summed E-state index contributed by atoms with van der Waals surface area (Å²) >= 11 is 0. The number of rotatable bonds is 5. The molecule has 0 atom stereocenters. The zero-order valence-corrected chi connectivity index (χ0v) is 16.8. The van der Waals surface area contributed by atoms with E-state index < -0.39 is 9.04 Å². The molecule has 0 aromatic heterocycles. The van der Waals surface area contributed by atoms with Crippen LogP contribution in [0.5, 0.6) is 0 Å². The van der Waals surface area contributed by atoms with E-state index >= 15 is 0 Å². The lowest BCUT2D eigenvalue weighted by molar-refractivity contribution is 0.109. The van der Waals surface area contributed by atoms with Crippen molar-refractivity contribution in [2.75, 3.05) is 19.8 Å². The minimum Gasteiger partial charge on any atom is -0.394 e. The summed E-state index contributed by atoms with van der Waals surface area (Å²) in [6.45, 7) is 9.89. The van der Waals surface area contributed by atoms with E-state index in [0.717, 1.165) is 6.73 Å². The first kappa shape index (κ1) is 18.4. The van der Waals surface area contributed by atoms with Crippen LogP contribution in [0.3, 0.4) is 0 Å². The molecule has 0 unspecified atom stereocenters. The number of hydrogen-bond donors (Lipinski definition) is 0. The number of benzene rings is 2. The van der Waals surface area contributed by atoms with Crippen LogP contribution in [0.2, 0.25) is 0 Å². The second kappa shape index (κ2) is 8.30. The van der Waals surface area contributed by atoms with Gasteiger partial charge in [0.2, 0.25) is 0 Å². The highest BCUT2D eigenvalue weighted by atomic mass is 28.3. The quantitative estimate of drug-likeness (QED) is 0.763. The molecule has 1 saturated heterocycles. The van der Waals surface area contributed by atoms with Crippen LogP contribution in [0.4, 0.5) is 0 Å². The third kappa shape index (κ3) is 5.03. The maximum atomic E-state index is 6.51. The van der Waals surface area contributed by atoms with Crippen LogP contribution in [0, 0.1) is 0 Å². The monoisotopic (exact) mass is 352 g/mol. The van der Waals surface area contributed by atoms with Crippen LogP contribution in [-0.2, 0) is 9.84 Å². The lowest BCUT2D eigenvalue weighted by atomic mass is 9.87. The van der Waals surface area contributed by atoms with Gasteiger partial charge in [0.25, 0.3) is 9.04 Å². The molecule has 3 heteroatoms. The molecule has 1 fully saturated rings. The molecule has 3 rings (SSSR count). The van der Waals surface area contributed by atoms with Gasteiger partial charge in [0.15, 0.2) is 0 Å². The smallest absolute Gasteiger partial charge is 0.284 e. The molecule has 0 bridgehead atoms. The van der Waals surface area contributed by atoms with E-state index in [9.17, 15) is 0 Å². The summed E-state index contributed by atoms with van der Waals surface area (Å²) < 4.78 is 6.51. The first-order valence-corrected chi connectivity index (χ1v) is 10.8. The Hall–Kier alpha value is -1.42. The third-order valence-electron chi connectivity index (χ3n) is 4.89. The highest BCUT2D eigenvalue weighted by Crippen LogP contribution is 2.20. The Morgan fingerprint density at radius 1 is 0.840 bits per heavy atom. The second-order valence-electron chi connectivity index (χ2n) is 7.97. The van der Waals surface area contributed by atoms with Crippen molar-refractivity contribution in [2.45, 2.75) is 45.4 Å². The van der Waals surface area contributed by atoms with Gasteiger partial charge in [0.05, 0.1) is 6.73 Å². The van der Waals surface area contributed by atoms with E-state index in [2.05, 4.69) is 80.3 Å². The zero-order chi connectivity index (χ0) is 17.7. The standard InChI is InChI=1S/C22H30NOSi/c1-22(2,3)19-12-14-21(15-13-19)25(20-10-6-4-7-11-20)24-18-23-16-8-5-9-17-23/h4,6-7,10-15H,5,8-9,16-18H2,1-3H3. The Morgan fingerprint density at radius 2 is 1.44 bits per heavy atom. The number of hydrogen-bond acceptors (Lipinski definition) is 2. The Labute approximate surface area is 154 Å². The van der Waals surface area contributed by atoms with E-state index in [1.807, 2.05) is 0 Å². The summed E-state index contributed by atoms with van der Waals surface area (Å²) in [6, 6.07) is 19.8. The van der Waals surface area contributed by atoms with Crippen LogP contribution >= 0.6 is 0 Å². The first-order chi connectivity index (χ1) is 12.0. The maximum absolute atomic E-state index is 6.51. The van der Waals surface area contributed by atoms with Gasteiger partial charge in [-0.25, -0.2) is 0 Å². The summed E-state index contributed by atoms with van der Waals surface area (Å²) in [5.41, 5.74) is 1.56. The summed E-state index contributed by atoms with van der Waals surface area (Å²) in [4.78, 5) is 2.46. The molecule has 0 N–H and O–H groups in total. The average molecular weight is 353 g/mol. The molecule has 1 radical (unpaired) electrons. The molecule has 0 spiro atoms. The summed E-state index contributed by atoms with van der Waals surface area (Å²) in [6.07, 6.45) is 3.97. The third-order valence-corrected chi connectivity index (χ3v) is 7.02. The molecule has 0 saturated carbocycles. The SMILES string of the molecule is CC(C)(C)c1ccc([Si](OCN2CCCCC2)c2ccccc2)cc1. The Balaban J connectivity index is 1.78. The molecular formula is C22H30NOSi. The molecule has 2 aromatic carbocycles. The van der Waals surface area contributed by atoms with E-state index in [4.69, 9.17) is 4.43 Å². The molecule has 2 aromatic rings. The highest BCUT2D eigenvalue weighted by Gasteiger charge is 2.22. The lowest BCUT2D eigenvalue weighted by Crippen LogP contribution is -2.47. The van der Waals surface area contributed by atoms with Crippen molar-refractivity contribution in [1.82, 2.24) is 4.90 Å². The normalized spacial score (nSPS) is 16.3. The van der Waals surface area contributed by atoms with Gasteiger partial charge in [0.1, 0.15) is 0 Å². The first-order valence-electron chi connectivity index (χ1n) is 9.42. The second-order valence-corrected chi connectivity index (χ2v) is 10.1. The maximum Gasteiger partial charge on any atom is 0.284 e. The van der Waals surface area contributed by atoms with Crippen LogP contribution in [-0.4, -0.2) is 33.8 Å². The topological polar surface area (TPSA) is 12.5 Å². The van der Waals surface area contributed by atoms with Crippen molar-refractivity contribution in [1.29, 1.82) is 0 Å². The molecule has 25 heavy (non-hydrogen) atoms. The largest absolute Gasteiger partial charge is 0.394 e. The lowest BCUT2D eigenvalue weighted by Gasteiger charge is -2.28. The molecule has 0 amide bonds. The molecular weight excluding hydrogens is 322 g/mol. The fourth-order valence-corrected chi connectivity index (χ4v) is 5.23. The molecule has 1 heterocycles. The molecule has 1 aliphatic heterocycles. The van der Waals surface area contributed by atoms with Gasteiger partial charge in [-0.1, -0.05) is 81.8 Å². The van der Waals surface area contributed by atoms with Crippen LogP contribution in [0.1, 0.15) is 45.6 Å². The summed E-state index contributed by atoms with van der Waals surface area (Å²) in [5.74, 6) is 0. The number of likely N-dealkylation sites (tertiary alicyclic amines) is 1. The van der Waals surface area contributed by atoms with Gasteiger partial charge in [-0.05, 0) is 34.2 Å². The molecule has 1 aliphatic rings. The van der Waals surface area contributed by atoms with Crippen molar-refractivity contribution in [3.05, 3.63) is 60.2 Å². The van der Waals surface area contributed by atoms with Gasteiger partial charge in [-0.3, -0.25) is 4.90 Å². The van der Waals surface area contributed by atoms with E-state index in [0.29, 0.717) is 0 Å². The molecule has 0 aliphatic carbocycles. The van der Waals surface area contributed by atoms with Crippen LogP contribution in [0.15, 0.2) is 54.6 Å². The van der Waals surface area contributed by atoms with Crippen molar-refractivity contribution >= 4 is 19.4 Å². The van der Waals surface area contributed by atoms with Crippen molar-refractivity contribution in [3.63, 3.8) is 0 Å². The van der Waals surface area contributed by atoms with Crippen LogP contribution in [0.25, 0.3) is 0 Å². The van der Waals surface area contributed by atoms with E-state index in [1.54, 1.807) is 0 Å². The van der Waals surface area contributed by atoms with Gasteiger partial charge in [0, 0.05) is 13.1 Å². The summed E-state index contributed by atoms with van der Waals surface area (Å²) in [5, 5.41) is 2.66. The average Bonchev–Trinajstić information content (AvgIpc) is 2.63. The fourth-order valence-electron chi connectivity index (χ4n) is 3.29. The van der Waals surface area contributed by atoms with Gasteiger partial charge in [-0.15, -0.1) is 0 Å². The van der Waals surface area contributed by atoms with Gasteiger partial charge >= 0.3 is 0 Å².